The van der Waals surface area contributed by atoms with Crippen molar-refractivity contribution in [2.75, 3.05) is 68.8 Å². The van der Waals surface area contributed by atoms with Crippen LogP contribution in [0, 0.1) is 17.6 Å². The Morgan fingerprint density at radius 1 is 0.950 bits per heavy atom. The van der Waals surface area contributed by atoms with Crippen LogP contribution >= 0.6 is 0 Å². The van der Waals surface area contributed by atoms with Crippen molar-refractivity contribution in [1.29, 1.82) is 0 Å². The average Bonchev–Trinajstić information content (AvgIpc) is 3.94. The third kappa shape index (κ3) is 6.58. The molecule has 0 radical (unpaired) electrons. The fraction of sp³-hybridized carbons (Fsp3) is 0.477. The zero-order valence-electron chi connectivity index (χ0n) is 33.2. The molecule has 0 bridgehead atoms. The number of piperidine rings is 1. The number of aliphatic hydroxyl groups excluding tert-OH is 1. The second-order valence-electron chi connectivity index (χ2n) is 17.4. The predicted molar refractivity (Wildman–Crippen MR) is 214 cm³/mol. The number of aromatic amines is 1. The molecule has 5 atom stereocenters. The lowest BCUT2D eigenvalue weighted by molar-refractivity contribution is -0.136. The van der Waals surface area contributed by atoms with Gasteiger partial charge in [0.1, 0.15) is 36.6 Å². The first-order valence-corrected chi connectivity index (χ1v) is 20.9. The van der Waals surface area contributed by atoms with Gasteiger partial charge in [0.25, 0.3) is 11.8 Å². The Kier molecular flexibility index (Phi) is 9.59. The van der Waals surface area contributed by atoms with Crippen LogP contribution < -0.4 is 19.9 Å². The maximum Gasteiger partial charge on any atom is 0.283 e. The summed E-state index contributed by atoms with van der Waals surface area (Å²) in [4.78, 5) is 50.7. The maximum atomic E-state index is 16.5. The Morgan fingerprint density at radius 3 is 2.53 bits per heavy atom. The minimum absolute atomic E-state index is 0.0815. The minimum Gasteiger partial charge on any atom is -0.489 e. The Balaban J connectivity index is 0.820. The predicted octanol–water partition coefficient (Wildman–Crippen LogP) is 4.58. The van der Waals surface area contributed by atoms with Crippen LogP contribution in [0.4, 0.5) is 28.9 Å². The van der Waals surface area contributed by atoms with Crippen molar-refractivity contribution in [2.24, 2.45) is 5.92 Å². The van der Waals surface area contributed by atoms with E-state index in [-0.39, 0.29) is 42.3 Å². The number of alkyl halides is 2. The number of benzene rings is 3. The molecule has 3 amide bonds. The van der Waals surface area contributed by atoms with Gasteiger partial charge in [-0.25, -0.2) is 17.6 Å². The quantitative estimate of drug-likeness (QED) is 0.173. The number of carbonyl (C=O) groups excluding carboxylic acids is 3. The molecular weight excluding hydrogens is 783 g/mol. The summed E-state index contributed by atoms with van der Waals surface area (Å²) in [6.45, 7) is 4.54. The van der Waals surface area contributed by atoms with E-state index in [4.69, 9.17) is 4.74 Å². The van der Waals surface area contributed by atoms with E-state index in [0.29, 0.717) is 55.2 Å². The number of aliphatic hydroxyl groups is 1. The molecule has 6 aliphatic rings. The van der Waals surface area contributed by atoms with E-state index in [9.17, 15) is 28.3 Å². The molecule has 60 heavy (non-hydrogen) atoms. The highest BCUT2D eigenvalue weighted by atomic mass is 19.3. The van der Waals surface area contributed by atoms with Crippen LogP contribution in [0.25, 0.3) is 10.9 Å². The number of hydrogen-bond donors (Lipinski definition) is 3. The summed E-state index contributed by atoms with van der Waals surface area (Å²) in [6, 6.07) is 11.6. The molecule has 7 heterocycles. The molecule has 3 aromatic carbocycles. The number of halogens is 4. The van der Waals surface area contributed by atoms with Gasteiger partial charge in [-0.1, -0.05) is 18.2 Å². The fourth-order valence-electron chi connectivity index (χ4n) is 10.7. The number of anilines is 2. The number of rotatable bonds is 8. The van der Waals surface area contributed by atoms with Crippen LogP contribution in [0.3, 0.4) is 0 Å². The molecule has 1 unspecified atom stereocenters. The lowest BCUT2D eigenvalue weighted by atomic mass is 9.87. The minimum atomic E-state index is -3.47. The van der Waals surface area contributed by atoms with Crippen molar-refractivity contribution >= 4 is 40.0 Å². The molecular formula is C44H47F4N7O5. The Morgan fingerprint density at radius 2 is 1.75 bits per heavy atom. The van der Waals surface area contributed by atoms with Gasteiger partial charge in [0.05, 0.1) is 30.9 Å². The van der Waals surface area contributed by atoms with Crippen molar-refractivity contribution in [1.82, 2.24) is 25.0 Å². The van der Waals surface area contributed by atoms with Gasteiger partial charge in [-0.2, -0.15) is 0 Å². The number of nitrogens with zero attached hydrogens (tertiary/aromatic N) is 5. The number of nitrogens with one attached hydrogen (secondary N) is 2. The van der Waals surface area contributed by atoms with Crippen LogP contribution in [0.2, 0.25) is 0 Å². The van der Waals surface area contributed by atoms with Gasteiger partial charge < -0.3 is 29.5 Å². The average molecular weight is 830 g/mol. The third-order valence-electron chi connectivity index (χ3n) is 13.6. The second kappa shape index (κ2) is 14.8. The summed E-state index contributed by atoms with van der Waals surface area (Å²) in [7, 11) is 0. The highest BCUT2D eigenvalue weighted by Gasteiger charge is 2.45. The topological polar surface area (TPSA) is 125 Å². The molecule has 10 rings (SSSR count). The van der Waals surface area contributed by atoms with Crippen LogP contribution in [0.1, 0.15) is 65.0 Å². The number of para-hydroxylation sites is 1. The summed E-state index contributed by atoms with van der Waals surface area (Å²) >= 11 is 0. The molecule has 1 aromatic heterocycles. The van der Waals surface area contributed by atoms with E-state index in [1.165, 1.54) is 21.9 Å². The molecule has 0 spiro atoms. The summed E-state index contributed by atoms with van der Waals surface area (Å²) in [6.07, 6.45) is 1.72. The van der Waals surface area contributed by atoms with Gasteiger partial charge >= 0.3 is 0 Å². The van der Waals surface area contributed by atoms with Gasteiger partial charge in [-0.15, -0.1) is 0 Å². The number of carbonyl (C=O) groups is 3. The lowest BCUT2D eigenvalue weighted by Gasteiger charge is -2.46. The van der Waals surface area contributed by atoms with Crippen molar-refractivity contribution in [3.05, 3.63) is 88.1 Å². The monoisotopic (exact) mass is 829 g/mol. The number of aromatic nitrogens is 1. The smallest absolute Gasteiger partial charge is 0.283 e. The van der Waals surface area contributed by atoms with Gasteiger partial charge in [0.2, 0.25) is 11.8 Å². The molecule has 316 valence electrons. The van der Waals surface area contributed by atoms with E-state index in [2.05, 4.69) is 20.1 Å². The van der Waals surface area contributed by atoms with E-state index in [1.807, 2.05) is 41.3 Å². The van der Waals surface area contributed by atoms with E-state index in [1.54, 1.807) is 6.92 Å². The zero-order valence-corrected chi connectivity index (χ0v) is 33.2. The molecule has 16 heteroatoms. The molecule has 0 saturated carbocycles. The van der Waals surface area contributed by atoms with Crippen LogP contribution in [0.15, 0.2) is 48.5 Å². The molecule has 0 aliphatic carbocycles. The van der Waals surface area contributed by atoms with E-state index >= 15 is 8.78 Å². The number of fused-ring (bicyclic) bond motifs is 8. The highest BCUT2D eigenvalue weighted by molar-refractivity contribution is 6.06. The largest absolute Gasteiger partial charge is 0.489 e. The number of hydrogen-bond acceptors (Lipinski definition) is 9. The summed E-state index contributed by atoms with van der Waals surface area (Å²) in [5.74, 6) is -5.17. The first-order chi connectivity index (χ1) is 28.9. The number of piperazine rings is 1. The SMILES string of the molecule is C[C@@H]1Cc2c([nH]c3ccccc23)[C@@H](c2c(F)cc(N3CC[C@@H](CN4CCN5c6ccc7c(c6OC[C@H]5C4)CN(C4CCC(=O)NC4=O)C7=O)C3)cc2F)N1CC(F)(F)CO. The summed E-state index contributed by atoms with van der Waals surface area (Å²) in [5.41, 5.74) is 4.43. The Labute approximate surface area is 344 Å². The van der Waals surface area contributed by atoms with Crippen molar-refractivity contribution in [3.63, 3.8) is 0 Å². The lowest BCUT2D eigenvalue weighted by Crippen LogP contribution is -2.58. The Hall–Kier alpha value is -5.19. The summed E-state index contributed by atoms with van der Waals surface area (Å²) in [5, 5.41) is 12.7. The van der Waals surface area contributed by atoms with Crippen molar-refractivity contribution < 1.29 is 41.8 Å². The molecule has 3 fully saturated rings. The first-order valence-electron chi connectivity index (χ1n) is 20.9. The molecule has 6 aliphatic heterocycles. The first kappa shape index (κ1) is 39.0. The van der Waals surface area contributed by atoms with Crippen LogP contribution in [-0.4, -0.2) is 126 Å². The molecule has 4 aromatic rings. The normalized spacial score (nSPS) is 25.9. The van der Waals surface area contributed by atoms with Crippen LogP contribution in [-0.2, 0) is 22.6 Å². The number of ether oxygens (including phenoxy) is 1. The van der Waals surface area contributed by atoms with Gasteiger partial charge in [0, 0.05) is 90.7 Å². The van der Waals surface area contributed by atoms with Gasteiger partial charge in [-0.3, -0.25) is 29.5 Å². The Bertz CT molecular complexity index is 2390. The van der Waals surface area contributed by atoms with Gasteiger partial charge in [0.15, 0.2) is 0 Å². The standard InChI is InChI=1S/C44H47F4N7O5/c1-24-14-30-28-4-2-3-5-34(28)49-39(30)40(55(24)22-44(47,48)23-56)38-32(45)15-26(16-33(38)46)52-11-10-25(18-52)17-51-12-13-53-27(19-51)21-60-41-31-20-54(36-8-9-37(57)50-42(36)58)43(59)29(31)6-7-35(41)53/h2-7,15-16,24-25,27,36,40,49,56H,8-14,17-23H2,1H3,(H,50,57,58)/t24-,25+,27-,36?,40-/m1/s1. The van der Waals surface area contributed by atoms with Crippen molar-refractivity contribution in [3.8, 4) is 5.75 Å². The maximum absolute atomic E-state index is 16.5. The number of amides is 3. The highest BCUT2D eigenvalue weighted by Crippen LogP contribution is 2.46. The number of imide groups is 1. The number of H-pyrrole nitrogens is 1. The fourth-order valence-corrected chi connectivity index (χ4v) is 10.7. The van der Waals surface area contributed by atoms with Crippen molar-refractivity contribution in [2.45, 2.75) is 69.2 Å². The second-order valence-corrected chi connectivity index (χ2v) is 17.4. The molecule has 3 saturated heterocycles. The van der Waals surface area contributed by atoms with Crippen LogP contribution in [0.5, 0.6) is 5.75 Å². The third-order valence-corrected chi connectivity index (χ3v) is 13.6. The van der Waals surface area contributed by atoms with E-state index in [0.717, 1.165) is 60.3 Å². The van der Waals surface area contributed by atoms with Gasteiger partial charge in [-0.05, 0) is 68.0 Å². The molecule has 12 nitrogen and oxygen atoms in total. The zero-order chi connectivity index (χ0) is 41.6. The molecule has 3 N–H and O–H groups in total. The summed E-state index contributed by atoms with van der Waals surface area (Å²) < 4.78 is 68.9. The van der Waals surface area contributed by atoms with E-state index < -0.39 is 54.7 Å².